The van der Waals surface area contributed by atoms with E-state index < -0.39 is 24.8 Å². The van der Waals surface area contributed by atoms with Gasteiger partial charge in [-0.25, -0.2) is 4.89 Å². The van der Waals surface area contributed by atoms with Gasteiger partial charge in [0, 0.05) is 29.9 Å². The van der Waals surface area contributed by atoms with Gasteiger partial charge in [0.05, 0.1) is 5.60 Å². The minimum Gasteiger partial charge on any atom is -0.780 e. The molecule has 0 amide bonds. The molecule has 1 spiro atoms. The third-order valence-corrected chi connectivity index (χ3v) is 8.32. The van der Waals surface area contributed by atoms with Gasteiger partial charge in [-0.15, -0.1) is 0 Å². The molecule has 8 nitrogen and oxygen atoms in total. The molecule has 1 saturated heterocycles. The Bertz CT molecular complexity index is 1100. The van der Waals surface area contributed by atoms with Gasteiger partial charge in [-0.2, -0.15) is 4.89 Å². The number of hydrogen-bond donors (Lipinski definition) is 1. The maximum atomic E-state index is 11.1. The first-order valence-electron chi connectivity index (χ1n) is 10.6. The SMILES string of the molecule is COC1(c2ccc3c(OP(=O)([O-])[O-])cccc3c2)OOC12C1CC3CC2CC(O)(C3)C1.[Na+].[Na+]. The summed E-state index contributed by atoms with van der Waals surface area (Å²) in [4.78, 5) is 33.9. The third-order valence-electron chi connectivity index (χ3n) is 7.90. The predicted octanol–water partition coefficient (Wildman–Crippen LogP) is -3.87. The van der Waals surface area contributed by atoms with E-state index in [1.165, 1.54) is 6.07 Å². The Balaban J connectivity index is 0.00000130. The van der Waals surface area contributed by atoms with Crippen LogP contribution < -0.4 is 73.4 Å². The normalized spacial score (nSPS) is 38.5. The fourth-order valence-electron chi connectivity index (χ4n) is 7.06. The maximum Gasteiger partial charge on any atom is 1.00 e. The van der Waals surface area contributed by atoms with Crippen molar-refractivity contribution in [1.82, 2.24) is 0 Å². The number of benzene rings is 2. The van der Waals surface area contributed by atoms with Crippen LogP contribution in [-0.2, 0) is 24.9 Å². The number of aliphatic hydroxyl groups is 1. The fraction of sp³-hybridized carbons (Fsp3) is 0.545. The second-order valence-corrected chi connectivity index (χ2v) is 10.7. The number of phosphoric acid groups is 1. The van der Waals surface area contributed by atoms with E-state index in [1.807, 2.05) is 6.07 Å². The molecule has 166 valence electrons. The summed E-state index contributed by atoms with van der Waals surface area (Å²) >= 11 is 0. The molecule has 5 aliphatic rings. The summed E-state index contributed by atoms with van der Waals surface area (Å²) in [5.74, 6) is -0.396. The van der Waals surface area contributed by atoms with Gasteiger partial charge in [0.1, 0.15) is 13.6 Å². The third kappa shape index (κ3) is 3.86. The zero-order chi connectivity index (χ0) is 21.6. The van der Waals surface area contributed by atoms with Crippen molar-refractivity contribution < 1.29 is 97.6 Å². The smallest absolute Gasteiger partial charge is 0.780 e. The van der Waals surface area contributed by atoms with Crippen molar-refractivity contribution in [2.24, 2.45) is 17.8 Å². The predicted molar refractivity (Wildman–Crippen MR) is 104 cm³/mol. The van der Waals surface area contributed by atoms with Crippen LogP contribution in [0.5, 0.6) is 5.75 Å². The molecule has 5 fully saturated rings. The van der Waals surface area contributed by atoms with Crippen LogP contribution in [0.4, 0.5) is 0 Å². The average molecular weight is 492 g/mol. The van der Waals surface area contributed by atoms with Gasteiger partial charge < -0.3 is 28.7 Å². The molecular formula is C22H23Na2O8P. The summed E-state index contributed by atoms with van der Waals surface area (Å²) < 4.78 is 21.8. The summed E-state index contributed by atoms with van der Waals surface area (Å²) in [6.07, 6.45) is 4.14. The van der Waals surface area contributed by atoms with Crippen molar-refractivity contribution in [2.75, 3.05) is 7.11 Å². The van der Waals surface area contributed by atoms with E-state index in [0.717, 1.165) is 24.8 Å². The van der Waals surface area contributed by atoms with Crippen molar-refractivity contribution in [3.8, 4) is 5.75 Å². The Kier molecular flexibility index (Phi) is 7.08. The molecule has 0 aromatic heterocycles. The second-order valence-electron chi connectivity index (χ2n) is 9.58. The van der Waals surface area contributed by atoms with Crippen molar-refractivity contribution in [3.63, 3.8) is 0 Å². The Hall–Kier alpha value is 0.490. The zero-order valence-electron chi connectivity index (χ0n) is 19.0. The van der Waals surface area contributed by atoms with Crippen LogP contribution in [0.25, 0.3) is 10.8 Å². The van der Waals surface area contributed by atoms with Crippen molar-refractivity contribution in [1.29, 1.82) is 0 Å². The summed E-state index contributed by atoms with van der Waals surface area (Å²) in [6, 6.07) is 10.2. The van der Waals surface area contributed by atoms with Crippen LogP contribution in [-0.4, -0.2) is 23.4 Å². The van der Waals surface area contributed by atoms with Crippen molar-refractivity contribution >= 4 is 18.6 Å². The van der Waals surface area contributed by atoms with Gasteiger partial charge in [-0.1, -0.05) is 24.3 Å². The molecule has 1 N–H and O–H groups in total. The number of phosphoric ester groups is 1. The summed E-state index contributed by atoms with van der Waals surface area (Å²) in [6.45, 7) is 0. The van der Waals surface area contributed by atoms with Gasteiger partial charge in [-0.3, -0.25) is 0 Å². The Morgan fingerprint density at radius 2 is 1.76 bits per heavy atom. The standard InChI is InChI=1S/C22H25O8P.2Na/c1-27-22(15-5-6-18-14(9-15)3-2-4-19(18)28-31(24,25)26)21(29-30-22)16-7-13-8-17(21)12-20(23,10-13)11-16;;/h2-6,9,13,16-17,23H,7-8,10-12H2,1H3,(H2,24,25,26);;/q;2*+1/p-2. The molecule has 0 radical (unpaired) electrons. The largest absolute Gasteiger partial charge is 1.00 e. The van der Waals surface area contributed by atoms with Crippen LogP contribution in [0.1, 0.15) is 37.7 Å². The van der Waals surface area contributed by atoms with E-state index in [9.17, 15) is 19.5 Å². The maximum absolute atomic E-state index is 11.1. The number of fused-ring (bicyclic) bond motifs is 1. The second kappa shape index (κ2) is 8.80. The van der Waals surface area contributed by atoms with Gasteiger partial charge in [-0.05, 0) is 55.5 Å². The van der Waals surface area contributed by atoms with E-state index in [0.29, 0.717) is 29.5 Å². The zero-order valence-corrected chi connectivity index (χ0v) is 23.9. The first-order chi connectivity index (χ1) is 14.7. The van der Waals surface area contributed by atoms with E-state index >= 15 is 0 Å². The molecule has 2 aromatic rings. The van der Waals surface area contributed by atoms with Gasteiger partial charge in [0.2, 0.25) is 0 Å². The van der Waals surface area contributed by atoms with E-state index in [4.69, 9.17) is 14.5 Å². The molecule has 2 aromatic carbocycles. The number of methoxy groups -OCH3 is 1. The van der Waals surface area contributed by atoms with Crippen molar-refractivity contribution in [3.05, 3.63) is 42.0 Å². The summed E-state index contributed by atoms with van der Waals surface area (Å²) in [5, 5.41) is 12.2. The topological polar surface area (TPSA) is 120 Å². The minimum atomic E-state index is -5.18. The monoisotopic (exact) mass is 492 g/mol. The quantitative estimate of drug-likeness (QED) is 0.262. The van der Waals surface area contributed by atoms with E-state index in [-0.39, 0.29) is 76.7 Å². The first kappa shape index (κ1) is 26.6. The summed E-state index contributed by atoms with van der Waals surface area (Å²) in [7, 11) is -3.58. The molecule has 33 heavy (non-hydrogen) atoms. The molecule has 7 rings (SSSR count). The Morgan fingerprint density at radius 3 is 2.30 bits per heavy atom. The number of ether oxygens (including phenoxy) is 1. The molecule has 1 heterocycles. The van der Waals surface area contributed by atoms with Crippen LogP contribution in [0, 0.1) is 17.8 Å². The molecule has 3 unspecified atom stereocenters. The Morgan fingerprint density at radius 1 is 1.06 bits per heavy atom. The van der Waals surface area contributed by atoms with Crippen LogP contribution in [0.3, 0.4) is 0 Å². The number of hydrogen-bond acceptors (Lipinski definition) is 8. The fourth-order valence-corrected chi connectivity index (χ4v) is 7.46. The summed E-state index contributed by atoms with van der Waals surface area (Å²) in [5.41, 5.74) is -0.551. The molecular weight excluding hydrogens is 469 g/mol. The Labute approximate surface area is 236 Å². The van der Waals surface area contributed by atoms with Crippen molar-refractivity contribution in [2.45, 2.75) is 49.1 Å². The van der Waals surface area contributed by atoms with Gasteiger partial charge in [0.15, 0.2) is 5.60 Å². The van der Waals surface area contributed by atoms with E-state index in [2.05, 4.69) is 4.52 Å². The van der Waals surface area contributed by atoms with Crippen LogP contribution >= 0.6 is 7.82 Å². The average Bonchev–Trinajstić information content (AvgIpc) is 2.65. The molecule has 4 saturated carbocycles. The molecule has 3 atom stereocenters. The van der Waals surface area contributed by atoms with Crippen LogP contribution in [0.2, 0.25) is 0 Å². The molecule has 4 aliphatic carbocycles. The van der Waals surface area contributed by atoms with Crippen LogP contribution in [0.15, 0.2) is 36.4 Å². The van der Waals surface area contributed by atoms with E-state index in [1.54, 1.807) is 31.4 Å². The number of rotatable bonds is 4. The first-order valence-corrected chi connectivity index (χ1v) is 12.0. The molecule has 11 heteroatoms. The molecule has 1 aliphatic heterocycles. The molecule has 4 bridgehead atoms. The minimum absolute atomic E-state index is 0. The van der Waals surface area contributed by atoms with Gasteiger partial charge >= 0.3 is 59.1 Å². The van der Waals surface area contributed by atoms with Gasteiger partial charge in [0.25, 0.3) is 5.79 Å².